The van der Waals surface area contributed by atoms with Crippen LogP contribution in [0.1, 0.15) is 61.3 Å². The number of benzene rings is 1. The van der Waals surface area contributed by atoms with Crippen molar-refractivity contribution in [1.29, 1.82) is 0 Å². The maximum Gasteiger partial charge on any atom is 0.286 e. The summed E-state index contributed by atoms with van der Waals surface area (Å²) in [4.78, 5) is 23.1. The van der Waals surface area contributed by atoms with Gasteiger partial charge in [0, 0.05) is 5.56 Å². The molecule has 0 radical (unpaired) electrons. The molecule has 1 aliphatic carbocycles. The topological polar surface area (TPSA) is 84.9 Å². The van der Waals surface area contributed by atoms with Crippen LogP contribution in [0.5, 0.6) is 11.5 Å². The van der Waals surface area contributed by atoms with E-state index in [-0.39, 0.29) is 22.5 Å². The van der Waals surface area contributed by atoms with Crippen LogP contribution in [0.2, 0.25) is 0 Å². The molecule has 2 N–H and O–H groups in total. The maximum absolute atomic E-state index is 11.8. The van der Waals surface area contributed by atoms with Crippen molar-refractivity contribution in [2.75, 3.05) is 6.61 Å². The third-order valence-electron chi connectivity index (χ3n) is 6.89. The zero-order valence-corrected chi connectivity index (χ0v) is 19.5. The zero-order chi connectivity index (χ0) is 22.3. The van der Waals surface area contributed by atoms with E-state index < -0.39 is 5.60 Å². The molecule has 3 unspecified atom stereocenters. The summed E-state index contributed by atoms with van der Waals surface area (Å²) in [7, 11) is 0. The quantitative estimate of drug-likeness (QED) is 0.643. The second-order valence-electron chi connectivity index (χ2n) is 9.24. The van der Waals surface area contributed by atoms with Gasteiger partial charge in [-0.2, -0.15) is 0 Å². The van der Waals surface area contributed by atoms with Gasteiger partial charge in [0.15, 0.2) is 0 Å². The number of allylic oxidation sites excluding steroid dienone is 1. The molecule has 4 rings (SSSR count). The van der Waals surface area contributed by atoms with Crippen LogP contribution in [0.15, 0.2) is 11.6 Å². The second-order valence-corrected chi connectivity index (χ2v) is 10.4. The normalized spacial score (nSPS) is 28.1. The molecule has 168 valence electrons. The number of carbonyl (C=O) groups is 2. The first-order valence-electron chi connectivity index (χ1n) is 11.0. The van der Waals surface area contributed by atoms with Crippen molar-refractivity contribution in [3.8, 4) is 11.5 Å². The predicted molar refractivity (Wildman–Crippen MR) is 121 cm³/mol. The molecule has 6 nitrogen and oxygen atoms in total. The van der Waals surface area contributed by atoms with Gasteiger partial charge in [-0.1, -0.05) is 23.4 Å². The minimum atomic E-state index is -0.392. The molecule has 1 aromatic rings. The molecule has 3 atom stereocenters. The van der Waals surface area contributed by atoms with E-state index in [2.05, 4.69) is 18.3 Å². The van der Waals surface area contributed by atoms with E-state index in [4.69, 9.17) is 9.47 Å². The van der Waals surface area contributed by atoms with Crippen LogP contribution in [0.3, 0.4) is 0 Å². The standard InChI is InChI=1S/C24H31NO5S/c1-13-14(2)21-18(15(3)20(13)26)9-10-24(4,30-21)12-29-17-7-5-16(6-8-17)11-19-22(27)25-23(28)31-19/h5,17,19,26H,6-12H2,1-4H3,(H,25,27,28). The van der Waals surface area contributed by atoms with Crippen LogP contribution in [-0.2, 0) is 16.0 Å². The van der Waals surface area contributed by atoms with Gasteiger partial charge in [-0.15, -0.1) is 0 Å². The fourth-order valence-corrected chi connectivity index (χ4v) is 5.54. The number of rotatable bonds is 5. The summed E-state index contributed by atoms with van der Waals surface area (Å²) >= 11 is 1.09. The number of phenols is 1. The highest BCUT2D eigenvalue weighted by atomic mass is 32.2. The highest BCUT2D eigenvalue weighted by molar-refractivity contribution is 8.15. The number of aromatic hydroxyl groups is 1. The molecular weight excluding hydrogens is 414 g/mol. The van der Waals surface area contributed by atoms with Crippen molar-refractivity contribution in [2.45, 2.75) is 83.2 Å². The van der Waals surface area contributed by atoms with Gasteiger partial charge in [-0.3, -0.25) is 14.9 Å². The summed E-state index contributed by atoms with van der Waals surface area (Å²) in [5, 5.41) is 12.2. The Morgan fingerprint density at radius 1 is 1.23 bits per heavy atom. The number of carbonyl (C=O) groups excluding carboxylic acids is 2. The summed E-state index contributed by atoms with van der Waals surface area (Å²) in [6.07, 6.45) is 7.28. The van der Waals surface area contributed by atoms with E-state index in [1.54, 1.807) is 0 Å². The summed E-state index contributed by atoms with van der Waals surface area (Å²) in [5.74, 6) is 1.10. The first kappa shape index (κ1) is 22.2. The lowest BCUT2D eigenvalue weighted by atomic mass is 9.87. The lowest BCUT2D eigenvalue weighted by Gasteiger charge is -2.38. The van der Waals surface area contributed by atoms with E-state index in [0.717, 1.165) is 71.9 Å². The van der Waals surface area contributed by atoms with Gasteiger partial charge in [0.1, 0.15) is 17.1 Å². The average molecular weight is 446 g/mol. The smallest absolute Gasteiger partial charge is 0.286 e. The Bertz CT molecular complexity index is 956. The molecular formula is C24H31NO5S. The van der Waals surface area contributed by atoms with Gasteiger partial charge in [-0.25, -0.2) is 0 Å². The van der Waals surface area contributed by atoms with Crippen molar-refractivity contribution < 1.29 is 24.2 Å². The Balaban J connectivity index is 1.34. The first-order chi connectivity index (χ1) is 14.7. The molecule has 31 heavy (non-hydrogen) atoms. The SMILES string of the molecule is Cc1c(C)c2c(c(C)c1O)CCC(C)(COC1CC=C(CC3SC(=O)NC3=O)CC1)O2. The minimum absolute atomic E-state index is 0.140. The number of imide groups is 1. The fraction of sp³-hybridized carbons (Fsp3) is 0.583. The third kappa shape index (κ3) is 4.48. The van der Waals surface area contributed by atoms with Crippen molar-refractivity contribution >= 4 is 22.9 Å². The molecule has 0 bridgehead atoms. The van der Waals surface area contributed by atoms with Gasteiger partial charge >= 0.3 is 0 Å². The Morgan fingerprint density at radius 2 is 2.00 bits per heavy atom. The van der Waals surface area contributed by atoms with E-state index in [1.165, 1.54) is 5.57 Å². The first-order valence-corrected chi connectivity index (χ1v) is 11.9. The number of hydrogen-bond acceptors (Lipinski definition) is 6. The van der Waals surface area contributed by atoms with Crippen LogP contribution >= 0.6 is 11.8 Å². The fourth-order valence-electron chi connectivity index (χ4n) is 4.66. The average Bonchev–Trinajstić information content (AvgIpc) is 3.06. The largest absolute Gasteiger partial charge is 0.507 e. The van der Waals surface area contributed by atoms with Gasteiger partial charge in [-0.05, 0) is 82.9 Å². The molecule has 0 aromatic heterocycles. The maximum atomic E-state index is 11.8. The van der Waals surface area contributed by atoms with Gasteiger partial charge in [0.2, 0.25) is 5.91 Å². The van der Waals surface area contributed by atoms with Crippen molar-refractivity contribution in [2.24, 2.45) is 0 Å². The van der Waals surface area contributed by atoms with Crippen LogP contribution in [0, 0.1) is 20.8 Å². The molecule has 0 saturated carbocycles. The van der Waals surface area contributed by atoms with Gasteiger partial charge in [0.05, 0.1) is 18.0 Å². The Kier molecular flexibility index (Phi) is 6.10. The number of phenolic OH excluding ortho intramolecular Hbond substituents is 1. The molecule has 0 spiro atoms. The molecule has 1 fully saturated rings. The van der Waals surface area contributed by atoms with Crippen LogP contribution in [-0.4, -0.2) is 39.8 Å². The molecule has 1 aromatic carbocycles. The van der Waals surface area contributed by atoms with Crippen molar-refractivity contribution in [3.63, 3.8) is 0 Å². The minimum Gasteiger partial charge on any atom is -0.507 e. The third-order valence-corrected chi connectivity index (χ3v) is 7.87. The summed E-state index contributed by atoms with van der Waals surface area (Å²) in [6.45, 7) is 8.51. The summed E-state index contributed by atoms with van der Waals surface area (Å²) in [6, 6.07) is 0. The molecule has 2 heterocycles. The highest BCUT2D eigenvalue weighted by Gasteiger charge is 2.36. The zero-order valence-electron chi connectivity index (χ0n) is 18.7. The number of hydrogen-bond donors (Lipinski definition) is 2. The number of fused-ring (bicyclic) bond motifs is 1. The van der Waals surface area contributed by atoms with Crippen LogP contribution in [0.25, 0.3) is 0 Å². The van der Waals surface area contributed by atoms with Crippen molar-refractivity contribution in [3.05, 3.63) is 33.9 Å². The van der Waals surface area contributed by atoms with Crippen LogP contribution in [0.4, 0.5) is 4.79 Å². The van der Waals surface area contributed by atoms with E-state index in [1.807, 2.05) is 20.8 Å². The predicted octanol–water partition coefficient (Wildman–Crippen LogP) is 4.64. The van der Waals surface area contributed by atoms with Crippen LogP contribution < -0.4 is 10.1 Å². The monoisotopic (exact) mass is 445 g/mol. The molecule has 2 amide bonds. The number of ether oxygens (including phenoxy) is 2. The summed E-state index contributed by atoms with van der Waals surface area (Å²) < 4.78 is 12.7. The molecule has 3 aliphatic rings. The molecule has 2 aliphatic heterocycles. The summed E-state index contributed by atoms with van der Waals surface area (Å²) in [5.41, 5.74) is 4.75. The Morgan fingerprint density at radius 3 is 2.65 bits per heavy atom. The number of thioether (sulfide) groups is 1. The second kappa shape index (κ2) is 8.51. The Labute approximate surface area is 187 Å². The molecule has 1 saturated heterocycles. The lowest BCUT2D eigenvalue weighted by molar-refractivity contribution is -0.118. The van der Waals surface area contributed by atoms with E-state index in [9.17, 15) is 14.7 Å². The number of amides is 2. The lowest BCUT2D eigenvalue weighted by Crippen LogP contribution is -2.42. The van der Waals surface area contributed by atoms with Gasteiger partial charge < -0.3 is 14.6 Å². The Hall–Kier alpha value is -1.99. The molecule has 7 heteroatoms. The highest BCUT2D eigenvalue weighted by Crippen LogP contribution is 2.43. The van der Waals surface area contributed by atoms with Gasteiger partial charge in [0.25, 0.3) is 5.24 Å². The van der Waals surface area contributed by atoms with E-state index >= 15 is 0 Å². The number of nitrogens with one attached hydrogen (secondary N) is 1. The van der Waals surface area contributed by atoms with E-state index in [0.29, 0.717) is 18.8 Å². The van der Waals surface area contributed by atoms with Crippen molar-refractivity contribution in [1.82, 2.24) is 5.32 Å².